The molecule has 1 saturated heterocycles. The highest BCUT2D eigenvalue weighted by molar-refractivity contribution is 14.0. The van der Waals surface area contributed by atoms with Crippen LogP contribution < -0.4 is 10.6 Å². The van der Waals surface area contributed by atoms with Gasteiger partial charge in [-0.25, -0.2) is 22.2 Å². The van der Waals surface area contributed by atoms with Crippen LogP contribution in [0, 0.1) is 11.6 Å². The number of halogens is 3. The van der Waals surface area contributed by atoms with E-state index in [9.17, 15) is 17.2 Å². The van der Waals surface area contributed by atoms with Crippen molar-refractivity contribution in [2.75, 3.05) is 44.2 Å². The van der Waals surface area contributed by atoms with Crippen LogP contribution in [-0.4, -0.2) is 63.5 Å². The molecule has 0 radical (unpaired) electrons. The topological polar surface area (TPSA) is 73.8 Å². The summed E-state index contributed by atoms with van der Waals surface area (Å²) in [5.74, 6) is -0.0871. The van der Waals surface area contributed by atoms with E-state index < -0.39 is 21.5 Å². The summed E-state index contributed by atoms with van der Waals surface area (Å²) >= 11 is 0. The molecule has 0 bridgehead atoms. The van der Waals surface area contributed by atoms with Gasteiger partial charge in [-0.15, -0.1) is 24.0 Å². The lowest BCUT2D eigenvalue weighted by atomic mass is 10.2. The van der Waals surface area contributed by atoms with Crippen molar-refractivity contribution in [3.63, 3.8) is 0 Å². The monoisotopic (exact) mass is 502 g/mol. The Balaban J connectivity index is 0.00000338. The van der Waals surface area contributed by atoms with Crippen molar-refractivity contribution < 1.29 is 17.2 Å². The van der Waals surface area contributed by atoms with Crippen molar-refractivity contribution in [3.8, 4) is 0 Å². The third-order valence-electron chi connectivity index (χ3n) is 3.92. The Morgan fingerprint density at radius 1 is 1.23 bits per heavy atom. The van der Waals surface area contributed by atoms with E-state index in [0.29, 0.717) is 38.7 Å². The van der Waals surface area contributed by atoms with Crippen molar-refractivity contribution in [1.29, 1.82) is 0 Å². The molecule has 1 aromatic carbocycles. The lowest BCUT2D eigenvalue weighted by Gasteiger charge is -2.26. The lowest BCUT2D eigenvalue weighted by molar-refractivity contribution is 0.299. The summed E-state index contributed by atoms with van der Waals surface area (Å²) in [5.41, 5.74) is 0.193. The van der Waals surface area contributed by atoms with Crippen LogP contribution in [0.4, 0.5) is 8.78 Å². The van der Waals surface area contributed by atoms with Gasteiger partial charge in [0.15, 0.2) is 15.8 Å². The van der Waals surface area contributed by atoms with Crippen LogP contribution >= 0.6 is 24.0 Å². The van der Waals surface area contributed by atoms with Crippen molar-refractivity contribution in [2.24, 2.45) is 4.99 Å². The number of nitrogens with one attached hydrogen (secondary N) is 2. The molecule has 1 aliphatic heterocycles. The Labute approximate surface area is 170 Å². The number of aliphatic imine (C=N–C) groups is 1. The van der Waals surface area contributed by atoms with Crippen LogP contribution in [0.5, 0.6) is 0 Å². The number of hydrogen-bond donors (Lipinski definition) is 2. The molecule has 1 heterocycles. The van der Waals surface area contributed by atoms with Gasteiger partial charge in [-0.05, 0) is 25.1 Å². The van der Waals surface area contributed by atoms with E-state index in [1.54, 1.807) is 0 Å². The first-order valence-electron chi connectivity index (χ1n) is 8.28. The third-order valence-corrected chi connectivity index (χ3v) is 5.53. The number of guanidine groups is 1. The largest absolute Gasteiger partial charge is 0.357 e. The maximum absolute atomic E-state index is 13.6. The Morgan fingerprint density at radius 3 is 2.58 bits per heavy atom. The molecule has 6 nitrogen and oxygen atoms in total. The van der Waals surface area contributed by atoms with Crippen LogP contribution in [0.25, 0.3) is 0 Å². The maximum Gasteiger partial charge on any atom is 0.191 e. The van der Waals surface area contributed by atoms with Crippen LogP contribution in [0.3, 0.4) is 0 Å². The Kier molecular flexibility index (Phi) is 9.72. The Hall–Kier alpha value is -1.01. The first kappa shape index (κ1) is 23.0. The molecule has 1 aliphatic rings. The fourth-order valence-corrected chi connectivity index (χ4v) is 3.75. The summed E-state index contributed by atoms with van der Waals surface area (Å²) in [7, 11) is -2.88. The van der Waals surface area contributed by atoms with Crippen LogP contribution in [-0.2, 0) is 16.4 Å². The van der Waals surface area contributed by atoms with Gasteiger partial charge in [-0.2, -0.15) is 0 Å². The van der Waals surface area contributed by atoms with Crippen molar-refractivity contribution >= 4 is 39.8 Å². The highest BCUT2D eigenvalue weighted by atomic mass is 127. The molecular formula is C16H25F2IN4O2S. The van der Waals surface area contributed by atoms with E-state index in [0.717, 1.165) is 18.2 Å². The average Bonchev–Trinajstić information content (AvgIpc) is 2.57. The standard InChI is InChI=1S/C16H24F2N4O2S.HI/c1-2-19-16(21-12-13-11-14(17)3-4-15(13)18)20-5-6-22-7-9-25(23,24)10-8-22;/h3-4,11H,2,5-10,12H2,1H3,(H2,19,20,21);1H. The predicted octanol–water partition coefficient (Wildman–Crippen LogP) is 1.37. The normalized spacial score (nSPS) is 17.4. The zero-order valence-electron chi connectivity index (χ0n) is 14.7. The molecule has 26 heavy (non-hydrogen) atoms. The van der Waals surface area contributed by atoms with Crippen molar-refractivity contribution in [1.82, 2.24) is 15.5 Å². The number of nitrogens with zero attached hydrogens (tertiary/aromatic N) is 2. The summed E-state index contributed by atoms with van der Waals surface area (Å²) in [6.07, 6.45) is 0. The highest BCUT2D eigenvalue weighted by Crippen LogP contribution is 2.10. The van der Waals surface area contributed by atoms with Gasteiger partial charge in [0.25, 0.3) is 0 Å². The van der Waals surface area contributed by atoms with Gasteiger partial charge in [0.1, 0.15) is 11.6 Å². The Morgan fingerprint density at radius 2 is 1.92 bits per heavy atom. The molecule has 1 fully saturated rings. The molecule has 2 rings (SSSR count). The van der Waals surface area contributed by atoms with Gasteiger partial charge in [0, 0.05) is 38.3 Å². The summed E-state index contributed by atoms with van der Waals surface area (Å²) in [5, 5.41) is 6.17. The second kappa shape index (κ2) is 11.0. The highest BCUT2D eigenvalue weighted by Gasteiger charge is 2.20. The Bertz CT molecular complexity index is 702. The molecule has 0 aromatic heterocycles. The zero-order chi connectivity index (χ0) is 18.3. The van der Waals surface area contributed by atoms with E-state index in [1.807, 2.05) is 6.92 Å². The molecule has 0 amide bonds. The van der Waals surface area contributed by atoms with E-state index in [2.05, 4.69) is 20.5 Å². The fraction of sp³-hybridized carbons (Fsp3) is 0.562. The van der Waals surface area contributed by atoms with Gasteiger partial charge in [0.2, 0.25) is 0 Å². The van der Waals surface area contributed by atoms with E-state index >= 15 is 0 Å². The van der Waals surface area contributed by atoms with Crippen LogP contribution in [0.1, 0.15) is 12.5 Å². The second-order valence-corrected chi connectivity index (χ2v) is 8.15. The molecule has 148 valence electrons. The number of hydrogen-bond acceptors (Lipinski definition) is 4. The number of sulfone groups is 1. The molecule has 10 heteroatoms. The molecule has 1 aromatic rings. The SMILES string of the molecule is CCNC(=NCc1cc(F)ccc1F)NCCN1CCS(=O)(=O)CC1.I. The molecule has 0 spiro atoms. The summed E-state index contributed by atoms with van der Waals surface area (Å²) < 4.78 is 49.6. The van der Waals surface area contributed by atoms with Gasteiger partial charge in [-0.1, -0.05) is 0 Å². The molecule has 0 aliphatic carbocycles. The molecule has 0 atom stereocenters. The fourth-order valence-electron chi connectivity index (χ4n) is 2.48. The molecule has 0 unspecified atom stereocenters. The van der Waals surface area contributed by atoms with Crippen molar-refractivity contribution in [2.45, 2.75) is 13.5 Å². The molecule has 0 saturated carbocycles. The average molecular weight is 502 g/mol. The summed E-state index contributed by atoms with van der Waals surface area (Å²) in [6, 6.07) is 3.30. The van der Waals surface area contributed by atoms with Crippen molar-refractivity contribution in [3.05, 3.63) is 35.4 Å². The number of rotatable bonds is 6. The molecule has 2 N–H and O–H groups in total. The minimum Gasteiger partial charge on any atom is -0.357 e. The zero-order valence-corrected chi connectivity index (χ0v) is 17.8. The lowest BCUT2D eigenvalue weighted by Crippen LogP contribution is -2.45. The van der Waals surface area contributed by atoms with E-state index in [4.69, 9.17) is 0 Å². The van der Waals surface area contributed by atoms with Crippen LogP contribution in [0.2, 0.25) is 0 Å². The third kappa shape index (κ3) is 7.70. The van der Waals surface area contributed by atoms with E-state index in [1.165, 1.54) is 0 Å². The van der Waals surface area contributed by atoms with Gasteiger partial charge < -0.3 is 10.6 Å². The first-order valence-corrected chi connectivity index (χ1v) is 10.1. The van der Waals surface area contributed by atoms with Gasteiger partial charge in [-0.3, -0.25) is 4.90 Å². The molecular weight excluding hydrogens is 477 g/mol. The van der Waals surface area contributed by atoms with Crippen LogP contribution in [0.15, 0.2) is 23.2 Å². The van der Waals surface area contributed by atoms with Gasteiger partial charge in [0.05, 0.1) is 18.1 Å². The first-order chi connectivity index (χ1) is 11.9. The number of benzene rings is 1. The van der Waals surface area contributed by atoms with E-state index in [-0.39, 0.29) is 47.6 Å². The summed E-state index contributed by atoms with van der Waals surface area (Å²) in [4.78, 5) is 6.34. The smallest absolute Gasteiger partial charge is 0.191 e. The second-order valence-electron chi connectivity index (χ2n) is 5.85. The minimum absolute atomic E-state index is 0. The maximum atomic E-state index is 13.6. The van der Waals surface area contributed by atoms with Gasteiger partial charge >= 0.3 is 0 Å². The summed E-state index contributed by atoms with van der Waals surface area (Å²) in [6.45, 7) is 4.92. The quantitative estimate of drug-likeness (QED) is 0.350. The predicted molar refractivity (Wildman–Crippen MR) is 110 cm³/mol. The minimum atomic E-state index is -2.88.